The molecule has 2 unspecified atom stereocenters. The molecule has 0 spiro atoms. The van der Waals surface area contributed by atoms with Gasteiger partial charge in [0, 0.05) is 0 Å². The van der Waals surface area contributed by atoms with E-state index in [1.165, 1.54) is 17.2 Å². The average Bonchev–Trinajstić information content (AvgIpc) is 3.73. The Labute approximate surface area is 244 Å². The maximum Gasteiger partial charge on any atom is 0.472 e. The highest BCUT2D eigenvalue weighted by molar-refractivity contribution is 7.47. The van der Waals surface area contributed by atoms with Gasteiger partial charge in [-0.2, -0.15) is 5.10 Å². The SMILES string of the molecule is Nc1ncnc2c1ncn2[C@@H]1O[C@H](COP(=O)(O)O[C@@H]2[C@H](O)[C@@H](CO[PH](=O)O)O[C@H]2n2ncc3c(=O)[nH]cnc32)[C@@H](O)[C@H]1O. The molecule has 0 aliphatic carbocycles. The maximum absolute atomic E-state index is 13.1. The van der Waals surface area contributed by atoms with Crippen molar-refractivity contribution in [3.05, 3.63) is 35.5 Å². The summed E-state index contributed by atoms with van der Waals surface area (Å²) in [4.78, 5) is 50.1. The number of nitrogens with zero attached hydrogens (tertiary/aromatic N) is 7. The lowest BCUT2D eigenvalue weighted by Crippen LogP contribution is -2.36. The number of phosphoric ester groups is 1. The summed E-state index contributed by atoms with van der Waals surface area (Å²) in [6.45, 7) is -1.39. The summed E-state index contributed by atoms with van der Waals surface area (Å²) >= 11 is 0. The van der Waals surface area contributed by atoms with Gasteiger partial charge in [-0.15, -0.1) is 0 Å². The van der Waals surface area contributed by atoms with Crippen LogP contribution in [0.5, 0.6) is 0 Å². The first-order valence-electron chi connectivity index (χ1n) is 12.7. The van der Waals surface area contributed by atoms with E-state index in [9.17, 15) is 34.1 Å². The number of nitrogens with one attached hydrogen (secondary N) is 1. The van der Waals surface area contributed by atoms with Gasteiger partial charge in [-0.3, -0.25) is 23.0 Å². The Morgan fingerprint density at radius 2 is 1.80 bits per heavy atom. The number of nitrogens with two attached hydrogens (primary N) is 1. The zero-order valence-corrected chi connectivity index (χ0v) is 23.9. The molecule has 0 radical (unpaired) electrons. The van der Waals surface area contributed by atoms with E-state index in [0.29, 0.717) is 0 Å². The summed E-state index contributed by atoms with van der Waals surface area (Å²) in [7, 11) is -8.56. The molecule has 2 aliphatic rings. The monoisotopic (exact) mass is 661 g/mol. The fourth-order valence-electron chi connectivity index (χ4n) is 4.89. The molecule has 44 heavy (non-hydrogen) atoms. The van der Waals surface area contributed by atoms with Crippen molar-refractivity contribution in [3.63, 3.8) is 0 Å². The second-order valence-electron chi connectivity index (χ2n) is 9.65. The Morgan fingerprint density at radius 1 is 1.05 bits per heavy atom. The van der Waals surface area contributed by atoms with Crippen molar-refractivity contribution in [3.8, 4) is 0 Å². The smallest absolute Gasteiger partial charge is 0.387 e. The molecule has 4 aromatic heterocycles. The van der Waals surface area contributed by atoms with E-state index in [1.54, 1.807) is 0 Å². The Hall–Kier alpha value is -3.24. The van der Waals surface area contributed by atoms with Gasteiger partial charge in [0.25, 0.3) is 5.56 Å². The first-order chi connectivity index (χ1) is 20.9. The number of aliphatic hydroxyl groups is 3. The second-order valence-corrected chi connectivity index (χ2v) is 11.9. The van der Waals surface area contributed by atoms with Gasteiger partial charge in [-0.1, -0.05) is 0 Å². The molecule has 24 heteroatoms. The van der Waals surface area contributed by atoms with Crippen molar-refractivity contribution in [2.24, 2.45) is 0 Å². The lowest BCUT2D eigenvalue weighted by Gasteiger charge is -2.24. The molecule has 2 saturated heterocycles. The zero-order valence-electron chi connectivity index (χ0n) is 22.0. The van der Waals surface area contributed by atoms with Crippen LogP contribution >= 0.6 is 16.1 Å². The number of rotatable bonds is 10. The molecular weight excluding hydrogens is 636 g/mol. The van der Waals surface area contributed by atoms with Gasteiger partial charge in [0.1, 0.15) is 53.9 Å². The van der Waals surface area contributed by atoms with Crippen LogP contribution in [-0.2, 0) is 32.2 Å². The zero-order chi connectivity index (χ0) is 31.3. The number of ether oxygens (including phenoxy) is 2. The number of aromatic nitrogens is 8. The van der Waals surface area contributed by atoms with Gasteiger partial charge in [-0.05, 0) is 0 Å². The number of anilines is 1. The number of H-pyrrole nitrogens is 1. The number of imidazole rings is 1. The highest BCUT2D eigenvalue weighted by Crippen LogP contribution is 2.50. The molecule has 2 fully saturated rings. The number of fused-ring (bicyclic) bond motifs is 2. The van der Waals surface area contributed by atoms with Crippen LogP contribution in [-0.4, -0.2) is 114 Å². The van der Waals surface area contributed by atoms with Crippen molar-refractivity contribution in [1.29, 1.82) is 0 Å². The lowest BCUT2D eigenvalue weighted by molar-refractivity contribution is -0.0634. The summed E-state index contributed by atoms with van der Waals surface area (Å²) in [5, 5.41) is 36.1. The number of nitrogen functional groups attached to an aromatic ring is 1. The third-order valence-corrected chi connectivity index (χ3v) is 8.38. The molecule has 22 nitrogen and oxygen atoms in total. The van der Waals surface area contributed by atoms with E-state index in [0.717, 1.165) is 17.2 Å². The first kappa shape index (κ1) is 30.8. The minimum absolute atomic E-state index is 0.0215. The molecule has 0 aromatic carbocycles. The predicted molar refractivity (Wildman–Crippen MR) is 142 cm³/mol. The van der Waals surface area contributed by atoms with Crippen molar-refractivity contribution in [2.45, 2.75) is 49.1 Å². The lowest BCUT2D eigenvalue weighted by atomic mass is 10.1. The predicted octanol–water partition coefficient (Wildman–Crippen LogP) is -2.68. The van der Waals surface area contributed by atoms with Crippen molar-refractivity contribution < 1.29 is 57.3 Å². The molecule has 2 aliphatic heterocycles. The third-order valence-electron chi connectivity index (χ3n) is 6.98. The highest BCUT2D eigenvalue weighted by atomic mass is 31.2. The maximum atomic E-state index is 13.1. The summed E-state index contributed by atoms with van der Waals surface area (Å²) in [5.74, 6) is 0.0710. The second kappa shape index (κ2) is 11.9. The van der Waals surface area contributed by atoms with Crippen LogP contribution in [0.4, 0.5) is 5.82 Å². The molecular formula is C20H25N9O13P2. The van der Waals surface area contributed by atoms with Gasteiger partial charge in [-0.25, -0.2) is 29.2 Å². The molecule has 6 rings (SSSR count). The van der Waals surface area contributed by atoms with Gasteiger partial charge in [0.05, 0.1) is 32.1 Å². The number of aliphatic hydroxyl groups excluding tert-OH is 3. The topological polar surface area (TPSA) is 315 Å². The van der Waals surface area contributed by atoms with Crippen LogP contribution in [0.1, 0.15) is 12.5 Å². The van der Waals surface area contributed by atoms with E-state index in [4.69, 9.17) is 29.1 Å². The fraction of sp³-hybridized carbons (Fsp3) is 0.500. The first-order valence-corrected chi connectivity index (χ1v) is 15.4. The van der Waals surface area contributed by atoms with Crippen LogP contribution in [0.25, 0.3) is 22.2 Å². The Bertz CT molecular complexity index is 1800. The Kier molecular flexibility index (Phi) is 8.34. The standard InChI is InChI=1S/C20H25N9O13P2/c21-15-10-17(24-4-22-15)28(6-26-10)19-13(32)11(30)9(40-19)3-39-44(36,37)42-14-12(31)8(2-38-43(34)35)41-20(14)29-16-7(1-27-29)18(33)25-5-23-16/h1,4-6,8-9,11-14,19-20,30-32,43H,2-3H2,(H,34,35)(H,36,37)(H2,21,22,24)(H,23,25,33)/t8-,9-,11-,12-,13-,14-,19-,20-/m1/s1. The van der Waals surface area contributed by atoms with E-state index >= 15 is 0 Å². The summed E-state index contributed by atoms with van der Waals surface area (Å²) in [6.07, 6.45) is -7.42. The van der Waals surface area contributed by atoms with Crippen molar-refractivity contribution in [1.82, 2.24) is 39.3 Å². The quantitative estimate of drug-likeness (QED) is 0.0851. The Morgan fingerprint density at radius 3 is 2.57 bits per heavy atom. The molecule has 0 amide bonds. The minimum Gasteiger partial charge on any atom is -0.387 e. The minimum atomic E-state index is -5.12. The Balaban J connectivity index is 1.19. The third kappa shape index (κ3) is 5.67. The van der Waals surface area contributed by atoms with E-state index < -0.39 is 83.9 Å². The fourth-order valence-corrected chi connectivity index (χ4v) is 6.12. The normalized spacial score (nSPS) is 31.1. The molecule has 0 bridgehead atoms. The molecule has 238 valence electrons. The molecule has 8 N–H and O–H groups in total. The molecule has 10 atom stereocenters. The van der Waals surface area contributed by atoms with Crippen LogP contribution in [0.2, 0.25) is 0 Å². The van der Waals surface area contributed by atoms with Crippen LogP contribution in [0, 0.1) is 0 Å². The van der Waals surface area contributed by atoms with Crippen LogP contribution in [0.3, 0.4) is 0 Å². The number of phosphoric acid groups is 1. The molecule has 6 heterocycles. The van der Waals surface area contributed by atoms with Crippen LogP contribution in [0.15, 0.2) is 30.0 Å². The van der Waals surface area contributed by atoms with Crippen molar-refractivity contribution >= 4 is 44.1 Å². The van der Waals surface area contributed by atoms with Gasteiger partial charge in [0.2, 0.25) is 0 Å². The van der Waals surface area contributed by atoms with Gasteiger partial charge < -0.3 is 49.8 Å². The summed E-state index contributed by atoms with van der Waals surface area (Å²) < 4.78 is 52.8. The van der Waals surface area contributed by atoms with E-state index in [2.05, 4.69) is 34.5 Å². The number of hydrogen-bond donors (Lipinski definition) is 7. The number of hydrogen-bond acceptors (Lipinski definition) is 17. The van der Waals surface area contributed by atoms with Gasteiger partial charge in [0.15, 0.2) is 29.6 Å². The van der Waals surface area contributed by atoms with E-state index in [1.807, 2.05) is 0 Å². The number of aromatic amines is 1. The van der Waals surface area contributed by atoms with Crippen LogP contribution < -0.4 is 11.3 Å². The highest BCUT2D eigenvalue weighted by Gasteiger charge is 2.51. The molecule has 4 aromatic rings. The summed E-state index contributed by atoms with van der Waals surface area (Å²) in [5.41, 5.74) is 5.62. The van der Waals surface area contributed by atoms with Gasteiger partial charge >= 0.3 is 16.1 Å². The molecule has 0 saturated carbocycles. The summed E-state index contributed by atoms with van der Waals surface area (Å²) in [6, 6.07) is 0. The average molecular weight is 661 g/mol. The van der Waals surface area contributed by atoms with E-state index in [-0.39, 0.29) is 28.0 Å². The van der Waals surface area contributed by atoms with Crippen molar-refractivity contribution in [2.75, 3.05) is 18.9 Å². The largest absolute Gasteiger partial charge is 0.472 e.